The van der Waals surface area contributed by atoms with E-state index < -0.39 is 0 Å². The molecule has 1 N–H and O–H groups in total. The number of ether oxygens (including phenoxy) is 1. The summed E-state index contributed by atoms with van der Waals surface area (Å²) in [4.78, 5) is 14.7. The second-order valence-corrected chi connectivity index (χ2v) is 6.46. The first-order valence-electron chi connectivity index (χ1n) is 8.04. The van der Waals surface area contributed by atoms with E-state index in [1.807, 2.05) is 23.1 Å². The molecule has 0 radical (unpaired) electrons. The maximum atomic E-state index is 12.7. The molecule has 2 unspecified atom stereocenters. The minimum Gasteiger partial charge on any atom is -0.378 e. The number of hydrogen-bond acceptors (Lipinski definition) is 3. The molecule has 0 aromatic heterocycles. The van der Waals surface area contributed by atoms with E-state index in [-0.39, 0.29) is 17.6 Å². The summed E-state index contributed by atoms with van der Waals surface area (Å²) in [5.41, 5.74) is 0.929. The van der Waals surface area contributed by atoms with Crippen LogP contribution in [0.25, 0.3) is 0 Å². The molecule has 112 valence electrons. The zero-order chi connectivity index (χ0) is 14.3. The fourth-order valence-electron chi connectivity index (χ4n) is 3.56. The molecule has 2 heterocycles. The summed E-state index contributed by atoms with van der Waals surface area (Å²) in [6, 6.07) is 10.3. The molecule has 1 aliphatic carbocycles. The van der Waals surface area contributed by atoms with Gasteiger partial charge < -0.3 is 9.64 Å². The van der Waals surface area contributed by atoms with Crippen LogP contribution in [-0.4, -0.2) is 35.6 Å². The Kier molecular flexibility index (Phi) is 3.23. The van der Waals surface area contributed by atoms with Gasteiger partial charge in [0.05, 0.1) is 6.10 Å². The van der Waals surface area contributed by atoms with Crippen molar-refractivity contribution in [2.45, 2.75) is 49.9 Å². The van der Waals surface area contributed by atoms with Crippen LogP contribution in [0.1, 0.15) is 43.8 Å². The predicted molar refractivity (Wildman–Crippen MR) is 79.6 cm³/mol. The maximum absolute atomic E-state index is 12.7. The minimum absolute atomic E-state index is 0.0302. The lowest BCUT2D eigenvalue weighted by Gasteiger charge is -2.25. The van der Waals surface area contributed by atoms with Crippen LogP contribution in [0.5, 0.6) is 0 Å². The van der Waals surface area contributed by atoms with Gasteiger partial charge in [-0.1, -0.05) is 30.3 Å². The fraction of sp³-hybridized carbons (Fsp3) is 0.588. The zero-order valence-electron chi connectivity index (χ0n) is 12.3. The van der Waals surface area contributed by atoms with Crippen molar-refractivity contribution in [3.63, 3.8) is 0 Å². The smallest absolute Gasteiger partial charge is 0.244 e. The van der Waals surface area contributed by atoms with Crippen LogP contribution < -0.4 is 5.32 Å². The first-order valence-corrected chi connectivity index (χ1v) is 8.04. The van der Waals surface area contributed by atoms with Gasteiger partial charge in [-0.3, -0.25) is 10.1 Å². The predicted octanol–water partition coefficient (Wildman–Crippen LogP) is 2.22. The van der Waals surface area contributed by atoms with Crippen LogP contribution in [0, 0.1) is 0 Å². The Morgan fingerprint density at radius 1 is 1.29 bits per heavy atom. The van der Waals surface area contributed by atoms with Gasteiger partial charge >= 0.3 is 0 Å². The highest BCUT2D eigenvalue weighted by molar-refractivity contribution is 5.92. The third kappa shape index (κ3) is 2.36. The SMILES string of the molecule is O=C1N(CCC2CCCO2)C(c2ccccc2)NC12CC2. The molecule has 3 aliphatic rings. The van der Waals surface area contributed by atoms with Crippen LogP contribution in [-0.2, 0) is 9.53 Å². The van der Waals surface area contributed by atoms with E-state index in [0.29, 0.717) is 6.10 Å². The Morgan fingerprint density at radius 3 is 2.76 bits per heavy atom. The lowest BCUT2D eigenvalue weighted by molar-refractivity contribution is -0.131. The van der Waals surface area contributed by atoms with Gasteiger partial charge in [-0.25, -0.2) is 0 Å². The quantitative estimate of drug-likeness (QED) is 0.923. The second kappa shape index (κ2) is 5.11. The Labute approximate surface area is 125 Å². The summed E-state index contributed by atoms with van der Waals surface area (Å²) in [5, 5.41) is 3.57. The highest BCUT2D eigenvalue weighted by atomic mass is 16.5. The Bertz CT molecular complexity index is 521. The van der Waals surface area contributed by atoms with E-state index in [9.17, 15) is 4.79 Å². The van der Waals surface area contributed by atoms with Gasteiger partial charge in [0.25, 0.3) is 0 Å². The average molecular weight is 286 g/mol. The van der Waals surface area contributed by atoms with Gasteiger partial charge in [-0.15, -0.1) is 0 Å². The molecule has 21 heavy (non-hydrogen) atoms. The fourth-order valence-corrected chi connectivity index (χ4v) is 3.56. The third-order valence-corrected chi connectivity index (χ3v) is 4.98. The molecular weight excluding hydrogens is 264 g/mol. The standard InChI is InChI=1S/C17H22N2O2/c20-16-17(9-10-17)18-15(13-5-2-1-3-6-13)19(16)11-8-14-7-4-12-21-14/h1-3,5-6,14-15,18H,4,7-12H2. The number of carbonyl (C=O) groups is 1. The van der Waals surface area contributed by atoms with Gasteiger partial charge in [0.1, 0.15) is 11.7 Å². The molecule has 2 atom stereocenters. The van der Waals surface area contributed by atoms with E-state index >= 15 is 0 Å². The summed E-state index contributed by atoms with van der Waals surface area (Å²) >= 11 is 0. The lowest BCUT2D eigenvalue weighted by atomic mass is 10.1. The molecule has 4 heteroatoms. The van der Waals surface area contributed by atoms with E-state index in [0.717, 1.165) is 45.3 Å². The summed E-state index contributed by atoms with van der Waals surface area (Å²) < 4.78 is 5.70. The Morgan fingerprint density at radius 2 is 2.10 bits per heavy atom. The highest BCUT2D eigenvalue weighted by Crippen LogP contribution is 2.46. The van der Waals surface area contributed by atoms with Crippen molar-refractivity contribution in [3.8, 4) is 0 Å². The molecule has 1 spiro atoms. The zero-order valence-corrected chi connectivity index (χ0v) is 12.3. The van der Waals surface area contributed by atoms with E-state index in [1.54, 1.807) is 0 Å². The van der Waals surface area contributed by atoms with Crippen LogP contribution >= 0.6 is 0 Å². The van der Waals surface area contributed by atoms with Gasteiger partial charge in [0.15, 0.2) is 0 Å². The van der Waals surface area contributed by atoms with Crippen LogP contribution in [0.2, 0.25) is 0 Å². The normalized spacial score (nSPS) is 30.3. The average Bonchev–Trinajstić information content (AvgIpc) is 3.01. The van der Waals surface area contributed by atoms with Crippen molar-refractivity contribution >= 4 is 5.91 Å². The molecule has 1 amide bonds. The van der Waals surface area contributed by atoms with Crippen molar-refractivity contribution in [3.05, 3.63) is 35.9 Å². The molecule has 0 bridgehead atoms. The van der Waals surface area contributed by atoms with Crippen molar-refractivity contribution in [2.24, 2.45) is 0 Å². The third-order valence-electron chi connectivity index (χ3n) is 4.98. The minimum atomic E-state index is -0.253. The van der Waals surface area contributed by atoms with Crippen molar-refractivity contribution in [1.29, 1.82) is 0 Å². The van der Waals surface area contributed by atoms with Crippen LogP contribution in [0.4, 0.5) is 0 Å². The Hall–Kier alpha value is -1.39. The van der Waals surface area contributed by atoms with Crippen LogP contribution in [0.3, 0.4) is 0 Å². The van der Waals surface area contributed by atoms with Gasteiger partial charge in [-0.2, -0.15) is 0 Å². The van der Waals surface area contributed by atoms with Gasteiger partial charge in [0, 0.05) is 13.2 Å². The van der Waals surface area contributed by atoms with Gasteiger partial charge in [0.2, 0.25) is 5.91 Å². The van der Waals surface area contributed by atoms with E-state index in [2.05, 4.69) is 17.4 Å². The largest absolute Gasteiger partial charge is 0.378 e. The summed E-state index contributed by atoms with van der Waals surface area (Å²) in [6.45, 7) is 1.67. The number of nitrogens with zero attached hydrogens (tertiary/aromatic N) is 1. The van der Waals surface area contributed by atoms with Gasteiger partial charge in [-0.05, 0) is 37.7 Å². The van der Waals surface area contributed by atoms with E-state index in [4.69, 9.17) is 4.74 Å². The maximum Gasteiger partial charge on any atom is 0.244 e. The number of carbonyl (C=O) groups excluding carboxylic acids is 1. The summed E-state index contributed by atoms with van der Waals surface area (Å²) in [7, 11) is 0. The number of amides is 1. The molecular formula is C17H22N2O2. The van der Waals surface area contributed by atoms with E-state index in [1.165, 1.54) is 5.56 Å². The topological polar surface area (TPSA) is 41.6 Å². The summed E-state index contributed by atoms with van der Waals surface area (Å²) in [6.07, 6.45) is 5.57. The first-order chi connectivity index (χ1) is 10.3. The van der Waals surface area contributed by atoms with Crippen LogP contribution in [0.15, 0.2) is 30.3 Å². The molecule has 4 rings (SSSR count). The first kappa shape index (κ1) is 13.3. The molecule has 1 aromatic carbocycles. The number of rotatable bonds is 4. The van der Waals surface area contributed by atoms with Crippen molar-refractivity contribution in [1.82, 2.24) is 10.2 Å². The number of benzene rings is 1. The Balaban J connectivity index is 1.51. The highest BCUT2D eigenvalue weighted by Gasteiger charge is 2.59. The molecule has 2 saturated heterocycles. The monoisotopic (exact) mass is 286 g/mol. The summed E-state index contributed by atoms with van der Waals surface area (Å²) in [5.74, 6) is 0.286. The number of nitrogens with one attached hydrogen (secondary N) is 1. The molecule has 4 nitrogen and oxygen atoms in total. The molecule has 1 saturated carbocycles. The second-order valence-electron chi connectivity index (χ2n) is 6.46. The van der Waals surface area contributed by atoms with Crippen molar-refractivity contribution in [2.75, 3.05) is 13.2 Å². The molecule has 1 aromatic rings. The molecule has 3 fully saturated rings. The lowest BCUT2D eigenvalue weighted by Crippen LogP contribution is -2.34. The van der Waals surface area contributed by atoms with Crippen molar-refractivity contribution < 1.29 is 9.53 Å². The molecule has 2 aliphatic heterocycles. The number of hydrogen-bond donors (Lipinski definition) is 1.